The van der Waals surface area contributed by atoms with Crippen LogP contribution in [-0.4, -0.2) is 42.4 Å². The maximum atomic E-state index is 11.0. The fraction of sp³-hybridized carbons (Fsp3) is 0.312. The summed E-state index contributed by atoms with van der Waals surface area (Å²) >= 11 is 0. The van der Waals surface area contributed by atoms with Crippen LogP contribution in [0.2, 0.25) is 0 Å². The van der Waals surface area contributed by atoms with Crippen molar-refractivity contribution in [2.75, 3.05) is 6.61 Å². The minimum absolute atomic E-state index is 0.258. The Kier molecular flexibility index (Phi) is 7.79. The number of hydrogen-bond acceptors (Lipinski definition) is 6. The second-order valence-electron chi connectivity index (χ2n) is 9.85. The summed E-state index contributed by atoms with van der Waals surface area (Å²) in [6, 6.07) is 32.5. The summed E-state index contributed by atoms with van der Waals surface area (Å²) in [5.41, 5.74) is 4.17. The van der Waals surface area contributed by atoms with Gasteiger partial charge in [-0.05, 0) is 45.2 Å². The van der Waals surface area contributed by atoms with Gasteiger partial charge in [-0.2, -0.15) is 0 Å². The molecule has 196 valence electrons. The molecule has 0 aliphatic carbocycles. The standard InChI is InChI=1S/C32H32O6/c33-32-31(36-18-23-11-5-2-6-12-23)30-29(35-17-22-9-3-1-4-10-22)28(38-32)21-34-19-26-15-24-13-7-8-14-25(24)16-27(26)20-37-30/h1-16,28-33H,17-21H2/t28?,29-,30?,31-,32?/m0/s1. The molecule has 0 saturated carbocycles. The zero-order valence-corrected chi connectivity index (χ0v) is 21.1. The Balaban J connectivity index is 1.30. The lowest BCUT2D eigenvalue weighted by molar-refractivity contribution is -0.318. The smallest absolute Gasteiger partial charge is 0.184 e. The lowest BCUT2D eigenvalue weighted by atomic mass is 9.97. The molecule has 38 heavy (non-hydrogen) atoms. The van der Waals surface area contributed by atoms with Gasteiger partial charge in [-0.1, -0.05) is 84.9 Å². The molecule has 2 aliphatic heterocycles. The quantitative estimate of drug-likeness (QED) is 0.386. The van der Waals surface area contributed by atoms with E-state index in [1.54, 1.807) is 0 Å². The van der Waals surface area contributed by atoms with Gasteiger partial charge in [0, 0.05) is 0 Å². The molecule has 1 N–H and O–H groups in total. The first kappa shape index (κ1) is 25.2. The first-order valence-electron chi connectivity index (χ1n) is 13.1. The topological polar surface area (TPSA) is 66.4 Å². The average Bonchev–Trinajstić information content (AvgIpc) is 2.95. The fourth-order valence-electron chi connectivity index (χ4n) is 5.21. The first-order valence-corrected chi connectivity index (χ1v) is 13.1. The summed E-state index contributed by atoms with van der Waals surface area (Å²) in [4.78, 5) is 0. The van der Waals surface area contributed by atoms with E-state index < -0.39 is 30.7 Å². The Morgan fingerprint density at radius 1 is 0.684 bits per heavy atom. The first-order chi connectivity index (χ1) is 18.7. The lowest BCUT2D eigenvalue weighted by Crippen LogP contribution is -2.61. The second-order valence-corrected chi connectivity index (χ2v) is 9.85. The summed E-state index contributed by atoms with van der Waals surface area (Å²) in [5.74, 6) is 0. The maximum absolute atomic E-state index is 11.0. The third-order valence-corrected chi connectivity index (χ3v) is 7.22. The molecule has 2 aliphatic rings. The van der Waals surface area contributed by atoms with Gasteiger partial charge in [-0.3, -0.25) is 0 Å². The molecule has 6 rings (SSSR count). The number of benzene rings is 4. The molecule has 6 nitrogen and oxygen atoms in total. The number of ether oxygens (including phenoxy) is 5. The summed E-state index contributed by atoms with van der Waals surface area (Å²) in [6.45, 7) is 1.72. The van der Waals surface area contributed by atoms with Gasteiger partial charge in [0.15, 0.2) is 6.29 Å². The van der Waals surface area contributed by atoms with Crippen LogP contribution in [0.3, 0.4) is 0 Å². The van der Waals surface area contributed by atoms with Crippen LogP contribution in [0.25, 0.3) is 10.8 Å². The van der Waals surface area contributed by atoms with Crippen LogP contribution in [0, 0.1) is 0 Å². The van der Waals surface area contributed by atoms with Crippen LogP contribution in [0.1, 0.15) is 22.3 Å². The van der Waals surface area contributed by atoms with Crippen molar-refractivity contribution in [1.82, 2.24) is 0 Å². The highest BCUT2D eigenvalue weighted by atomic mass is 16.7. The third kappa shape index (κ3) is 5.66. The Bertz CT molecular complexity index is 1330. The van der Waals surface area contributed by atoms with Crippen molar-refractivity contribution >= 4 is 10.8 Å². The van der Waals surface area contributed by atoms with Crippen molar-refractivity contribution in [3.8, 4) is 0 Å². The molecule has 0 spiro atoms. The van der Waals surface area contributed by atoms with Crippen LogP contribution in [0.15, 0.2) is 97.1 Å². The number of hydrogen-bond donors (Lipinski definition) is 1. The summed E-state index contributed by atoms with van der Waals surface area (Å²) in [7, 11) is 0. The number of aliphatic hydroxyl groups is 1. The molecular formula is C32H32O6. The highest BCUT2D eigenvalue weighted by Crippen LogP contribution is 2.32. The van der Waals surface area contributed by atoms with Crippen molar-refractivity contribution in [2.24, 2.45) is 0 Å². The highest BCUT2D eigenvalue weighted by molar-refractivity contribution is 5.84. The van der Waals surface area contributed by atoms with E-state index in [-0.39, 0.29) is 6.61 Å². The van der Waals surface area contributed by atoms with Crippen LogP contribution in [-0.2, 0) is 50.1 Å². The van der Waals surface area contributed by atoms with E-state index in [0.29, 0.717) is 26.4 Å². The molecule has 0 radical (unpaired) electrons. The van der Waals surface area contributed by atoms with E-state index >= 15 is 0 Å². The van der Waals surface area contributed by atoms with Crippen molar-refractivity contribution in [3.05, 3.63) is 119 Å². The van der Waals surface area contributed by atoms with Crippen LogP contribution >= 0.6 is 0 Å². The second kappa shape index (κ2) is 11.7. The molecule has 0 amide bonds. The van der Waals surface area contributed by atoms with Crippen molar-refractivity contribution in [1.29, 1.82) is 0 Å². The summed E-state index contributed by atoms with van der Waals surface area (Å²) < 4.78 is 31.5. The molecular weight excluding hydrogens is 480 g/mol. The molecule has 1 fully saturated rings. The fourth-order valence-corrected chi connectivity index (χ4v) is 5.21. The maximum Gasteiger partial charge on any atom is 0.184 e. The van der Waals surface area contributed by atoms with E-state index in [0.717, 1.165) is 33.0 Å². The lowest BCUT2D eigenvalue weighted by Gasteiger charge is -2.44. The van der Waals surface area contributed by atoms with Crippen molar-refractivity contribution < 1.29 is 28.8 Å². The molecule has 2 bridgehead atoms. The van der Waals surface area contributed by atoms with E-state index in [1.165, 1.54) is 0 Å². The predicted molar refractivity (Wildman–Crippen MR) is 143 cm³/mol. The predicted octanol–water partition coefficient (Wildman–Crippen LogP) is 5.14. The minimum Gasteiger partial charge on any atom is -0.374 e. The van der Waals surface area contributed by atoms with Crippen molar-refractivity contribution in [3.63, 3.8) is 0 Å². The Morgan fingerprint density at radius 2 is 1.24 bits per heavy atom. The minimum atomic E-state index is -1.18. The molecule has 2 heterocycles. The van der Waals surface area contributed by atoms with Crippen LogP contribution in [0.5, 0.6) is 0 Å². The normalized spacial score (nSPS) is 25.6. The Morgan fingerprint density at radius 3 is 1.87 bits per heavy atom. The van der Waals surface area contributed by atoms with Gasteiger partial charge in [0.25, 0.3) is 0 Å². The molecule has 5 atom stereocenters. The summed E-state index contributed by atoms with van der Waals surface area (Å²) in [5, 5.41) is 13.3. The van der Waals surface area contributed by atoms with Gasteiger partial charge >= 0.3 is 0 Å². The number of rotatable bonds is 6. The van der Waals surface area contributed by atoms with E-state index in [1.807, 2.05) is 72.8 Å². The third-order valence-electron chi connectivity index (χ3n) is 7.22. The zero-order chi connectivity index (χ0) is 25.7. The van der Waals surface area contributed by atoms with E-state index in [2.05, 4.69) is 24.3 Å². The molecule has 6 heteroatoms. The van der Waals surface area contributed by atoms with Crippen LogP contribution < -0.4 is 0 Å². The molecule has 1 saturated heterocycles. The van der Waals surface area contributed by atoms with Gasteiger partial charge < -0.3 is 28.8 Å². The molecule has 3 unspecified atom stereocenters. The molecule has 0 aromatic heterocycles. The SMILES string of the molecule is OC1OC2COCc3cc4ccccc4cc3COC([C@@H]1OCc1ccccc1)[C@H]2OCc1ccccc1. The van der Waals surface area contributed by atoms with Gasteiger partial charge in [-0.25, -0.2) is 0 Å². The van der Waals surface area contributed by atoms with Gasteiger partial charge in [0.05, 0.1) is 33.0 Å². The highest BCUT2D eigenvalue weighted by Gasteiger charge is 2.48. The largest absolute Gasteiger partial charge is 0.374 e. The number of fused-ring (bicyclic) bond motifs is 4. The Hall–Kier alpha value is -3.10. The number of aliphatic hydroxyl groups excluding tert-OH is 1. The zero-order valence-electron chi connectivity index (χ0n) is 21.1. The monoisotopic (exact) mass is 512 g/mol. The molecule has 4 aromatic carbocycles. The Labute approximate surface area is 222 Å². The average molecular weight is 513 g/mol. The summed E-state index contributed by atoms with van der Waals surface area (Å²) in [6.07, 6.45) is -3.50. The van der Waals surface area contributed by atoms with Crippen molar-refractivity contribution in [2.45, 2.75) is 57.1 Å². The van der Waals surface area contributed by atoms with E-state index in [4.69, 9.17) is 23.7 Å². The molecule has 4 aromatic rings. The van der Waals surface area contributed by atoms with E-state index in [9.17, 15) is 5.11 Å². The van der Waals surface area contributed by atoms with Gasteiger partial charge in [0.2, 0.25) is 0 Å². The van der Waals surface area contributed by atoms with Gasteiger partial charge in [-0.15, -0.1) is 0 Å². The van der Waals surface area contributed by atoms with Crippen LogP contribution in [0.4, 0.5) is 0 Å². The van der Waals surface area contributed by atoms with Gasteiger partial charge in [0.1, 0.15) is 24.4 Å².